The molecule has 108 valence electrons. The molecular weight excluding hydrogens is 318 g/mol. The third kappa shape index (κ3) is 2.28. The number of aryl methyl sites for hydroxylation is 1. The number of hydrazine groups is 1. The van der Waals surface area contributed by atoms with E-state index in [9.17, 15) is 4.79 Å². The van der Waals surface area contributed by atoms with Crippen molar-refractivity contribution in [2.24, 2.45) is 0 Å². The molecule has 0 aromatic heterocycles. The number of nitrogens with zero attached hydrogens (tertiary/aromatic N) is 1. The standard InChI is InChI=1S/C15H20BrN3O/c1-9-13(16)14(18-17-9)15(20)19(2)12-8-7-10-5-3-4-6-11(10)12/h3-6,9,12-14,17-18H,7-8H2,1-2H3. The number of benzene rings is 1. The highest BCUT2D eigenvalue weighted by Gasteiger charge is 2.40. The number of carbonyl (C=O) groups excluding carboxylic acids is 1. The zero-order valence-corrected chi connectivity index (χ0v) is 13.4. The lowest BCUT2D eigenvalue weighted by molar-refractivity contribution is -0.133. The van der Waals surface area contributed by atoms with Gasteiger partial charge < -0.3 is 4.90 Å². The molecule has 2 N–H and O–H groups in total. The average molecular weight is 338 g/mol. The van der Waals surface area contributed by atoms with Crippen molar-refractivity contribution in [2.75, 3.05) is 7.05 Å². The molecule has 2 aliphatic rings. The van der Waals surface area contributed by atoms with E-state index in [0.29, 0.717) is 0 Å². The SMILES string of the molecule is CC1NNC(C(=O)N(C)C2CCc3ccccc32)C1Br. The molecule has 4 unspecified atom stereocenters. The van der Waals surface area contributed by atoms with Gasteiger partial charge in [-0.05, 0) is 30.9 Å². The highest BCUT2D eigenvalue weighted by Crippen LogP contribution is 2.35. The Bertz CT molecular complexity index is 522. The Morgan fingerprint density at radius 3 is 2.80 bits per heavy atom. The van der Waals surface area contributed by atoms with E-state index in [-0.39, 0.29) is 28.9 Å². The summed E-state index contributed by atoms with van der Waals surface area (Å²) in [5.74, 6) is 0.144. The van der Waals surface area contributed by atoms with Crippen LogP contribution in [0.1, 0.15) is 30.5 Å². The molecule has 1 aromatic carbocycles. The van der Waals surface area contributed by atoms with Gasteiger partial charge in [0.2, 0.25) is 5.91 Å². The van der Waals surface area contributed by atoms with Gasteiger partial charge in [0.05, 0.1) is 10.9 Å². The van der Waals surface area contributed by atoms with Crippen LogP contribution in [0.2, 0.25) is 0 Å². The van der Waals surface area contributed by atoms with Gasteiger partial charge in [0.25, 0.3) is 0 Å². The summed E-state index contributed by atoms with van der Waals surface area (Å²) in [7, 11) is 1.92. The second-order valence-corrected chi connectivity index (χ2v) is 6.76. The van der Waals surface area contributed by atoms with Gasteiger partial charge in [0.1, 0.15) is 6.04 Å². The number of fused-ring (bicyclic) bond motifs is 1. The van der Waals surface area contributed by atoms with Crippen LogP contribution in [0.25, 0.3) is 0 Å². The van der Waals surface area contributed by atoms with Crippen molar-refractivity contribution in [3.63, 3.8) is 0 Å². The van der Waals surface area contributed by atoms with E-state index in [1.165, 1.54) is 11.1 Å². The van der Waals surface area contributed by atoms with E-state index < -0.39 is 0 Å². The van der Waals surface area contributed by atoms with Gasteiger partial charge in [0.15, 0.2) is 0 Å². The zero-order chi connectivity index (χ0) is 14.3. The normalized spacial score (nSPS) is 32.1. The van der Waals surface area contributed by atoms with E-state index in [0.717, 1.165) is 12.8 Å². The maximum absolute atomic E-state index is 12.7. The van der Waals surface area contributed by atoms with Crippen molar-refractivity contribution in [1.82, 2.24) is 15.8 Å². The minimum atomic E-state index is -0.206. The number of hydrogen-bond acceptors (Lipinski definition) is 3. The molecule has 4 nitrogen and oxygen atoms in total. The number of amides is 1. The summed E-state index contributed by atoms with van der Waals surface area (Å²) in [6.07, 6.45) is 2.08. The predicted octanol–water partition coefficient (Wildman–Crippen LogP) is 1.76. The summed E-state index contributed by atoms with van der Waals surface area (Å²) in [5, 5.41) is 0. The minimum absolute atomic E-state index is 0.120. The van der Waals surface area contributed by atoms with Crippen LogP contribution in [0.3, 0.4) is 0 Å². The first-order valence-corrected chi connectivity index (χ1v) is 8.00. The van der Waals surface area contributed by atoms with Crippen molar-refractivity contribution in [2.45, 2.75) is 42.7 Å². The first-order valence-electron chi connectivity index (χ1n) is 7.09. The van der Waals surface area contributed by atoms with E-state index in [1.807, 2.05) is 11.9 Å². The van der Waals surface area contributed by atoms with Crippen LogP contribution in [0.5, 0.6) is 0 Å². The van der Waals surface area contributed by atoms with Gasteiger partial charge in [-0.1, -0.05) is 40.2 Å². The molecule has 0 saturated carbocycles. The lowest BCUT2D eigenvalue weighted by atomic mass is 10.1. The summed E-state index contributed by atoms with van der Waals surface area (Å²) in [4.78, 5) is 14.7. The Labute approximate surface area is 128 Å². The van der Waals surface area contributed by atoms with E-state index in [2.05, 4.69) is 58.0 Å². The van der Waals surface area contributed by atoms with Gasteiger partial charge >= 0.3 is 0 Å². The molecule has 1 saturated heterocycles. The zero-order valence-electron chi connectivity index (χ0n) is 11.8. The molecule has 20 heavy (non-hydrogen) atoms. The monoisotopic (exact) mass is 337 g/mol. The van der Waals surface area contributed by atoms with Crippen molar-refractivity contribution >= 4 is 21.8 Å². The number of alkyl halides is 1. The lowest BCUT2D eigenvalue weighted by Gasteiger charge is -2.29. The van der Waals surface area contributed by atoms with E-state index >= 15 is 0 Å². The fraction of sp³-hybridized carbons (Fsp3) is 0.533. The van der Waals surface area contributed by atoms with Crippen LogP contribution in [-0.2, 0) is 11.2 Å². The Morgan fingerprint density at radius 1 is 1.35 bits per heavy atom. The van der Waals surface area contributed by atoms with Crippen molar-refractivity contribution in [3.05, 3.63) is 35.4 Å². The number of likely N-dealkylation sites (N-methyl/N-ethyl adjacent to an activating group) is 1. The molecule has 1 amide bonds. The van der Waals surface area contributed by atoms with Crippen molar-refractivity contribution in [1.29, 1.82) is 0 Å². The smallest absolute Gasteiger partial charge is 0.242 e. The van der Waals surface area contributed by atoms with Gasteiger partial charge in [-0.15, -0.1) is 0 Å². The Balaban J connectivity index is 1.77. The molecule has 3 rings (SSSR count). The molecule has 0 radical (unpaired) electrons. The van der Waals surface area contributed by atoms with Crippen LogP contribution in [-0.4, -0.2) is 34.8 Å². The summed E-state index contributed by atoms with van der Waals surface area (Å²) in [5.41, 5.74) is 8.89. The molecule has 1 heterocycles. The second kappa shape index (κ2) is 5.47. The third-order valence-electron chi connectivity index (χ3n) is 4.44. The van der Waals surface area contributed by atoms with E-state index in [1.54, 1.807) is 0 Å². The summed E-state index contributed by atoms with van der Waals surface area (Å²) >= 11 is 3.61. The van der Waals surface area contributed by atoms with Crippen LogP contribution >= 0.6 is 15.9 Å². The topological polar surface area (TPSA) is 44.4 Å². The molecule has 4 atom stereocenters. The summed E-state index contributed by atoms with van der Waals surface area (Å²) < 4.78 is 0. The fourth-order valence-electron chi connectivity index (χ4n) is 3.18. The fourth-order valence-corrected chi connectivity index (χ4v) is 3.67. The quantitative estimate of drug-likeness (QED) is 0.808. The first-order chi connectivity index (χ1) is 9.59. The summed E-state index contributed by atoms with van der Waals surface area (Å²) in [6.45, 7) is 2.06. The second-order valence-electron chi connectivity index (χ2n) is 5.70. The Hall–Kier alpha value is -0.910. The molecule has 1 aromatic rings. The number of carbonyl (C=O) groups is 1. The maximum Gasteiger partial charge on any atom is 0.242 e. The molecule has 0 bridgehead atoms. The van der Waals surface area contributed by atoms with Crippen LogP contribution in [0, 0.1) is 0 Å². The maximum atomic E-state index is 12.7. The Morgan fingerprint density at radius 2 is 2.10 bits per heavy atom. The predicted molar refractivity (Wildman–Crippen MR) is 82.5 cm³/mol. The van der Waals surface area contributed by atoms with Crippen molar-refractivity contribution < 1.29 is 4.79 Å². The first kappa shape index (κ1) is 14.0. The molecule has 1 fully saturated rings. The number of rotatable bonds is 2. The molecule has 5 heteroatoms. The van der Waals surface area contributed by atoms with Gasteiger partial charge in [0, 0.05) is 13.1 Å². The Kier molecular flexibility index (Phi) is 3.84. The molecule has 0 spiro atoms. The van der Waals surface area contributed by atoms with Gasteiger partial charge in [-0.2, -0.15) is 0 Å². The van der Waals surface area contributed by atoms with Crippen molar-refractivity contribution in [3.8, 4) is 0 Å². The lowest BCUT2D eigenvalue weighted by Crippen LogP contribution is -2.47. The van der Waals surface area contributed by atoms with E-state index in [4.69, 9.17) is 0 Å². The van der Waals surface area contributed by atoms with Crippen LogP contribution < -0.4 is 10.9 Å². The minimum Gasteiger partial charge on any atom is -0.337 e. The number of nitrogens with one attached hydrogen (secondary N) is 2. The largest absolute Gasteiger partial charge is 0.337 e. The van der Waals surface area contributed by atoms with Gasteiger partial charge in [-0.25, -0.2) is 5.43 Å². The highest BCUT2D eigenvalue weighted by molar-refractivity contribution is 9.09. The average Bonchev–Trinajstić information content (AvgIpc) is 3.02. The third-order valence-corrected chi connectivity index (χ3v) is 5.77. The van der Waals surface area contributed by atoms with Crippen LogP contribution in [0.15, 0.2) is 24.3 Å². The molecule has 1 aliphatic heterocycles. The summed E-state index contributed by atoms with van der Waals surface area (Å²) in [6, 6.07) is 8.68. The van der Waals surface area contributed by atoms with Crippen LogP contribution in [0.4, 0.5) is 0 Å². The highest BCUT2D eigenvalue weighted by atomic mass is 79.9. The molecular formula is C15H20BrN3O. The number of halogens is 1. The van der Waals surface area contributed by atoms with Gasteiger partial charge in [-0.3, -0.25) is 10.2 Å². The number of hydrogen-bond donors (Lipinski definition) is 2. The molecule has 1 aliphatic carbocycles.